The monoisotopic (exact) mass is 292 g/mol. The van der Waals surface area contributed by atoms with Gasteiger partial charge in [0.1, 0.15) is 0 Å². The standard InChI is InChI=1S/C18H32N2O/c1-13-5-4-8-17(20-13)12-19-18(21)16-10-9-14-6-2-3-7-15(14)11-16/h13-17,20H,2-12H2,1H3,(H,19,21). The van der Waals surface area contributed by atoms with Crippen molar-refractivity contribution < 1.29 is 4.79 Å². The fraction of sp³-hybridized carbons (Fsp3) is 0.944. The second-order valence-electron chi connectivity index (χ2n) is 7.76. The molecule has 0 aromatic rings. The number of hydrogen-bond donors (Lipinski definition) is 2. The zero-order valence-corrected chi connectivity index (χ0v) is 13.6. The molecule has 1 aliphatic heterocycles. The summed E-state index contributed by atoms with van der Waals surface area (Å²) in [6, 6.07) is 1.10. The van der Waals surface area contributed by atoms with Crippen LogP contribution in [0.1, 0.15) is 71.1 Å². The zero-order chi connectivity index (χ0) is 14.7. The van der Waals surface area contributed by atoms with Gasteiger partial charge in [-0.2, -0.15) is 0 Å². The maximum atomic E-state index is 12.5. The Labute approximate surface area is 129 Å². The molecule has 1 heterocycles. The topological polar surface area (TPSA) is 41.1 Å². The Morgan fingerprint density at radius 1 is 1.00 bits per heavy atom. The van der Waals surface area contributed by atoms with E-state index in [0.717, 1.165) is 31.2 Å². The van der Waals surface area contributed by atoms with Crippen molar-refractivity contribution in [3.63, 3.8) is 0 Å². The molecule has 21 heavy (non-hydrogen) atoms. The van der Waals surface area contributed by atoms with Crippen molar-refractivity contribution in [3.05, 3.63) is 0 Å². The minimum atomic E-state index is 0.297. The molecule has 120 valence electrons. The number of carbonyl (C=O) groups excluding carboxylic acids is 1. The van der Waals surface area contributed by atoms with Gasteiger partial charge in [-0.1, -0.05) is 32.1 Å². The normalized spacial score (nSPS) is 40.3. The highest BCUT2D eigenvalue weighted by molar-refractivity contribution is 5.78. The number of fused-ring (bicyclic) bond motifs is 1. The van der Waals surface area contributed by atoms with E-state index in [1.54, 1.807) is 0 Å². The molecule has 3 fully saturated rings. The minimum Gasteiger partial charge on any atom is -0.354 e. The van der Waals surface area contributed by atoms with E-state index in [0.29, 0.717) is 23.9 Å². The molecule has 3 nitrogen and oxygen atoms in total. The van der Waals surface area contributed by atoms with Crippen molar-refractivity contribution in [2.45, 2.75) is 83.2 Å². The Morgan fingerprint density at radius 2 is 1.81 bits per heavy atom. The Balaban J connectivity index is 1.43. The highest BCUT2D eigenvalue weighted by atomic mass is 16.1. The van der Waals surface area contributed by atoms with Gasteiger partial charge in [0.25, 0.3) is 0 Å². The van der Waals surface area contributed by atoms with Crippen molar-refractivity contribution >= 4 is 5.91 Å². The number of carbonyl (C=O) groups is 1. The SMILES string of the molecule is CC1CCCC(CNC(=O)C2CCC3CCCCC3C2)N1. The van der Waals surface area contributed by atoms with Crippen LogP contribution in [0.15, 0.2) is 0 Å². The molecule has 0 spiro atoms. The summed E-state index contributed by atoms with van der Waals surface area (Å²) in [6.07, 6.45) is 13.0. The molecule has 5 atom stereocenters. The van der Waals surface area contributed by atoms with E-state index in [9.17, 15) is 4.79 Å². The van der Waals surface area contributed by atoms with Crippen LogP contribution in [0, 0.1) is 17.8 Å². The molecule has 1 saturated heterocycles. The molecule has 2 saturated carbocycles. The summed E-state index contributed by atoms with van der Waals surface area (Å²) in [5.41, 5.74) is 0. The van der Waals surface area contributed by atoms with Crippen LogP contribution in [0.25, 0.3) is 0 Å². The first-order valence-corrected chi connectivity index (χ1v) is 9.26. The van der Waals surface area contributed by atoms with Crippen LogP contribution >= 0.6 is 0 Å². The van der Waals surface area contributed by atoms with Gasteiger partial charge in [-0.15, -0.1) is 0 Å². The molecule has 5 unspecified atom stereocenters. The summed E-state index contributed by atoms with van der Waals surface area (Å²) in [6.45, 7) is 3.08. The Morgan fingerprint density at radius 3 is 2.62 bits per heavy atom. The van der Waals surface area contributed by atoms with Gasteiger partial charge in [0, 0.05) is 24.5 Å². The van der Waals surface area contributed by atoms with Crippen molar-refractivity contribution in [3.8, 4) is 0 Å². The second kappa shape index (κ2) is 7.13. The van der Waals surface area contributed by atoms with E-state index >= 15 is 0 Å². The summed E-state index contributed by atoms with van der Waals surface area (Å²) < 4.78 is 0. The zero-order valence-electron chi connectivity index (χ0n) is 13.6. The molecule has 3 aliphatic rings. The number of rotatable bonds is 3. The lowest BCUT2D eigenvalue weighted by molar-refractivity contribution is -0.127. The highest BCUT2D eigenvalue weighted by Gasteiger charge is 2.35. The van der Waals surface area contributed by atoms with Crippen molar-refractivity contribution in [2.75, 3.05) is 6.54 Å². The molecule has 2 N–H and O–H groups in total. The Hall–Kier alpha value is -0.570. The summed E-state index contributed by atoms with van der Waals surface area (Å²) >= 11 is 0. The molecule has 3 heteroatoms. The van der Waals surface area contributed by atoms with Crippen LogP contribution in [-0.4, -0.2) is 24.5 Å². The van der Waals surface area contributed by atoms with Gasteiger partial charge in [-0.3, -0.25) is 4.79 Å². The van der Waals surface area contributed by atoms with Crippen LogP contribution in [0.3, 0.4) is 0 Å². The van der Waals surface area contributed by atoms with Gasteiger partial charge in [-0.25, -0.2) is 0 Å². The van der Waals surface area contributed by atoms with Gasteiger partial charge >= 0.3 is 0 Å². The Bertz CT molecular complexity index is 357. The van der Waals surface area contributed by atoms with E-state index in [1.807, 2.05) is 0 Å². The van der Waals surface area contributed by atoms with E-state index in [-0.39, 0.29) is 0 Å². The van der Waals surface area contributed by atoms with Crippen LogP contribution in [0.5, 0.6) is 0 Å². The van der Waals surface area contributed by atoms with Crippen molar-refractivity contribution in [1.82, 2.24) is 10.6 Å². The van der Waals surface area contributed by atoms with Crippen LogP contribution in [0.4, 0.5) is 0 Å². The maximum absolute atomic E-state index is 12.5. The van der Waals surface area contributed by atoms with Crippen molar-refractivity contribution in [1.29, 1.82) is 0 Å². The van der Waals surface area contributed by atoms with Gasteiger partial charge in [-0.05, 0) is 50.9 Å². The minimum absolute atomic E-state index is 0.297. The third-order valence-corrected chi connectivity index (χ3v) is 6.14. The number of nitrogens with one attached hydrogen (secondary N) is 2. The maximum Gasteiger partial charge on any atom is 0.223 e. The molecule has 0 aromatic heterocycles. The van der Waals surface area contributed by atoms with Crippen LogP contribution in [0.2, 0.25) is 0 Å². The largest absolute Gasteiger partial charge is 0.354 e. The smallest absolute Gasteiger partial charge is 0.223 e. The third kappa shape index (κ3) is 4.00. The average molecular weight is 292 g/mol. The molecule has 2 aliphatic carbocycles. The molecule has 0 aromatic carbocycles. The van der Waals surface area contributed by atoms with Gasteiger partial charge in [0.15, 0.2) is 0 Å². The summed E-state index contributed by atoms with van der Waals surface area (Å²) in [5, 5.41) is 6.84. The summed E-state index contributed by atoms with van der Waals surface area (Å²) in [7, 11) is 0. The number of hydrogen-bond acceptors (Lipinski definition) is 2. The molecule has 0 bridgehead atoms. The Kier molecular flexibility index (Phi) is 5.20. The first kappa shape index (κ1) is 15.3. The van der Waals surface area contributed by atoms with E-state index in [4.69, 9.17) is 0 Å². The fourth-order valence-corrected chi connectivity index (χ4v) is 4.88. The first-order valence-electron chi connectivity index (χ1n) is 9.26. The van der Waals surface area contributed by atoms with Gasteiger partial charge in [0.2, 0.25) is 5.91 Å². The average Bonchev–Trinajstić information content (AvgIpc) is 2.52. The number of piperidine rings is 1. The molecular weight excluding hydrogens is 260 g/mol. The molecule has 3 rings (SSSR count). The molecule has 1 amide bonds. The predicted octanol–water partition coefficient (Wildman–Crippen LogP) is 3.24. The third-order valence-electron chi connectivity index (χ3n) is 6.14. The van der Waals surface area contributed by atoms with E-state index in [2.05, 4.69) is 17.6 Å². The lowest BCUT2D eigenvalue weighted by Crippen LogP contribution is -2.48. The first-order chi connectivity index (χ1) is 10.2. The van der Waals surface area contributed by atoms with Crippen LogP contribution in [-0.2, 0) is 4.79 Å². The summed E-state index contributed by atoms with van der Waals surface area (Å²) in [4.78, 5) is 12.5. The van der Waals surface area contributed by atoms with Gasteiger partial charge < -0.3 is 10.6 Å². The van der Waals surface area contributed by atoms with Crippen molar-refractivity contribution in [2.24, 2.45) is 17.8 Å². The fourth-order valence-electron chi connectivity index (χ4n) is 4.88. The lowest BCUT2D eigenvalue weighted by Gasteiger charge is -2.39. The lowest BCUT2D eigenvalue weighted by atomic mass is 9.67. The summed E-state index contributed by atoms with van der Waals surface area (Å²) in [5.74, 6) is 2.41. The predicted molar refractivity (Wildman–Crippen MR) is 86.0 cm³/mol. The molecule has 0 radical (unpaired) electrons. The quantitative estimate of drug-likeness (QED) is 0.838. The second-order valence-corrected chi connectivity index (χ2v) is 7.76. The number of amides is 1. The molecular formula is C18H32N2O. The van der Waals surface area contributed by atoms with E-state index in [1.165, 1.54) is 51.4 Å². The van der Waals surface area contributed by atoms with Gasteiger partial charge in [0.05, 0.1) is 0 Å². The highest BCUT2D eigenvalue weighted by Crippen LogP contribution is 2.42. The van der Waals surface area contributed by atoms with E-state index < -0.39 is 0 Å². The van der Waals surface area contributed by atoms with Crippen LogP contribution < -0.4 is 10.6 Å².